The van der Waals surface area contributed by atoms with Crippen LogP contribution in [0.4, 0.5) is 0 Å². The maximum atomic E-state index is 5.19. The molecule has 0 saturated heterocycles. The first-order chi connectivity index (χ1) is 6.38. The topological polar surface area (TPSA) is 25.2 Å². The molecule has 0 spiro atoms. The van der Waals surface area contributed by atoms with Crippen molar-refractivity contribution in [1.29, 1.82) is 0 Å². The summed E-state index contributed by atoms with van der Waals surface area (Å²) in [6.07, 6.45) is 6.28. The zero-order valence-corrected chi connectivity index (χ0v) is 7.79. The molecule has 1 aliphatic heterocycles. The van der Waals surface area contributed by atoms with Crippen LogP contribution >= 0.6 is 12.2 Å². The normalized spacial score (nSPS) is 15.7. The van der Waals surface area contributed by atoms with Crippen molar-refractivity contribution in [3.8, 4) is 0 Å². The van der Waals surface area contributed by atoms with Crippen LogP contribution in [0.2, 0.25) is 0 Å². The van der Waals surface area contributed by atoms with Gasteiger partial charge < -0.3 is 0 Å². The molecule has 0 saturated carbocycles. The fourth-order valence-electron chi connectivity index (χ4n) is 1.17. The first-order valence-corrected chi connectivity index (χ1v) is 4.46. The van der Waals surface area contributed by atoms with Crippen molar-refractivity contribution in [3.63, 3.8) is 0 Å². The molecule has 0 fully saturated rings. The van der Waals surface area contributed by atoms with Gasteiger partial charge in [0.1, 0.15) is 5.71 Å². The van der Waals surface area contributed by atoms with Crippen LogP contribution in [0.5, 0.6) is 0 Å². The molecular weight excluding hydrogens is 180 g/mol. The van der Waals surface area contributed by atoms with Gasteiger partial charge in [-0.15, -0.1) is 0 Å². The van der Waals surface area contributed by atoms with E-state index in [1.165, 1.54) is 0 Å². The average Bonchev–Trinajstić information content (AvgIpc) is 2.20. The van der Waals surface area contributed by atoms with Gasteiger partial charge >= 0.3 is 0 Å². The van der Waals surface area contributed by atoms with Crippen LogP contribution in [0.25, 0.3) is 0 Å². The van der Waals surface area contributed by atoms with E-state index in [-0.39, 0.29) is 0 Å². The van der Waals surface area contributed by atoms with Crippen LogP contribution in [-0.4, -0.2) is 15.6 Å². The summed E-state index contributed by atoms with van der Waals surface area (Å²) in [6.45, 7) is 0. The Labute approximate surface area is 82.0 Å². The molecule has 2 heterocycles. The standard InChI is InChI=1S/C10H8N2S/c13-9-5-3-7-12-10(9)8-4-1-2-6-11-8/h1-4,6-7H,5H2. The van der Waals surface area contributed by atoms with Gasteiger partial charge in [-0.3, -0.25) is 9.98 Å². The minimum atomic E-state index is 0.796. The third-order valence-corrected chi connectivity index (χ3v) is 2.14. The molecule has 1 aromatic heterocycles. The highest BCUT2D eigenvalue weighted by Crippen LogP contribution is 2.07. The van der Waals surface area contributed by atoms with E-state index in [0.717, 1.165) is 22.7 Å². The fraction of sp³-hybridized carbons (Fsp3) is 0.100. The largest absolute Gasteiger partial charge is 0.255 e. The molecule has 1 aromatic rings. The summed E-state index contributed by atoms with van der Waals surface area (Å²) in [7, 11) is 0. The van der Waals surface area contributed by atoms with Crippen molar-refractivity contribution in [2.24, 2.45) is 4.99 Å². The quantitative estimate of drug-likeness (QED) is 0.631. The van der Waals surface area contributed by atoms with Crippen molar-refractivity contribution in [2.75, 3.05) is 0 Å². The second kappa shape index (κ2) is 3.58. The van der Waals surface area contributed by atoms with Gasteiger partial charge in [-0.05, 0) is 12.1 Å². The highest BCUT2D eigenvalue weighted by atomic mass is 32.1. The summed E-state index contributed by atoms with van der Waals surface area (Å²) in [5, 5.41) is 0. The lowest BCUT2D eigenvalue weighted by molar-refractivity contribution is 1.28. The zero-order chi connectivity index (χ0) is 9.10. The second-order valence-electron chi connectivity index (χ2n) is 2.70. The molecular formula is C10H8N2S. The summed E-state index contributed by atoms with van der Waals surface area (Å²) < 4.78 is 0. The lowest BCUT2D eigenvalue weighted by atomic mass is 10.1. The monoisotopic (exact) mass is 188 g/mol. The van der Waals surface area contributed by atoms with Gasteiger partial charge in [0.2, 0.25) is 0 Å². The number of aliphatic imine (C=N–C) groups is 1. The fourth-order valence-corrected chi connectivity index (χ4v) is 1.42. The highest BCUT2D eigenvalue weighted by molar-refractivity contribution is 7.82. The Morgan fingerprint density at radius 1 is 1.31 bits per heavy atom. The van der Waals surface area contributed by atoms with Gasteiger partial charge in [0.05, 0.1) is 5.69 Å². The number of thiocarbonyl (C=S) groups is 1. The lowest BCUT2D eigenvalue weighted by Gasteiger charge is -2.07. The highest BCUT2D eigenvalue weighted by Gasteiger charge is 2.11. The number of hydrogen-bond acceptors (Lipinski definition) is 3. The molecule has 1 aliphatic rings. The Hall–Kier alpha value is -1.35. The van der Waals surface area contributed by atoms with Crippen LogP contribution < -0.4 is 0 Å². The van der Waals surface area contributed by atoms with Crippen molar-refractivity contribution in [3.05, 3.63) is 42.4 Å². The summed E-state index contributed by atoms with van der Waals surface area (Å²) in [4.78, 5) is 9.28. The number of hydrogen-bond donors (Lipinski definition) is 0. The summed E-state index contributed by atoms with van der Waals surface area (Å²) in [5.41, 5.74) is 1.69. The van der Waals surface area contributed by atoms with Gasteiger partial charge in [-0.1, -0.05) is 24.4 Å². The molecule has 0 N–H and O–H groups in total. The Kier molecular flexibility index (Phi) is 2.27. The van der Waals surface area contributed by atoms with E-state index >= 15 is 0 Å². The van der Waals surface area contributed by atoms with E-state index in [9.17, 15) is 0 Å². The first-order valence-electron chi connectivity index (χ1n) is 4.05. The van der Waals surface area contributed by atoms with Crippen molar-refractivity contribution >= 4 is 22.8 Å². The number of aromatic nitrogens is 1. The predicted octanol–water partition coefficient (Wildman–Crippen LogP) is 2.16. The van der Waals surface area contributed by atoms with Gasteiger partial charge in [0, 0.05) is 23.7 Å². The molecule has 0 aliphatic carbocycles. The minimum Gasteiger partial charge on any atom is -0.255 e. The molecule has 0 bridgehead atoms. The molecule has 0 unspecified atom stereocenters. The van der Waals surface area contributed by atoms with Crippen molar-refractivity contribution in [2.45, 2.75) is 6.42 Å². The molecule has 3 heteroatoms. The number of nitrogens with zero attached hydrogens (tertiary/aromatic N) is 2. The molecule has 0 atom stereocenters. The van der Waals surface area contributed by atoms with Crippen LogP contribution in [0.15, 0.2) is 41.7 Å². The summed E-state index contributed by atoms with van der Waals surface area (Å²) >= 11 is 5.19. The van der Waals surface area contributed by atoms with Crippen LogP contribution in [0.1, 0.15) is 12.1 Å². The van der Waals surface area contributed by atoms with E-state index < -0.39 is 0 Å². The Balaban J connectivity index is 2.41. The molecule has 0 aromatic carbocycles. The Bertz CT molecular complexity index is 379. The zero-order valence-electron chi connectivity index (χ0n) is 6.97. The van der Waals surface area contributed by atoms with E-state index in [2.05, 4.69) is 9.98 Å². The third kappa shape index (κ3) is 1.70. The van der Waals surface area contributed by atoms with Crippen molar-refractivity contribution < 1.29 is 0 Å². The predicted molar refractivity (Wildman–Crippen MR) is 57.1 cm³/mol. The van der Waals surface area contributed by atoms with Crippen LogP contribution in [0, 0.1) is 0 Å². The number of allylic oxidation sites excluding steroid dienone is 1. The lowest BCUT2D eigenvalue weighted by Crippen LogP contribution is -2.15. The SMILES string of the molecule is S=C1CC=CN=C1c1ccccn1. The van der Waals surface area contributed by atoms with Crippen LogP contribution in [0.3, 0.4) is 0 Å². The van der Waals surface area contributed by atoms with Crippen molar-refractivity contribution in [1.82, 2.24) is 4.98 Å². The molecule has 13 heavy (non-hydrogen) atoms. The average molecular weight is 188 g/mol. The van der Waals surface area contributed by atoms with Gasteiger partial charge in [0.15, 0.2) is 0 Å². The van der Waals surface area contributed by atoms with E-state index in [0.29, 0.717) is 0 Å². The molecule has 2 rings (SSSR count). The summed E-state index contributed by atoms with van der Waals surface area (Å²) in [5.74, 6) is 0. The maximum absolute atomic E-state index is 5.19. The van der Waals surface area contributed by atoms with E-state index in [4.69, 9.17) is 12.2 Å². The first kappa shape index (κ1) is 8.26. The Morgan fingerprint density at radius 2 is 2.23 bits per heavy atom. The van der Waals surface area contributed by atoms with Gasteiger partial charge in [-0.2, -0.15) is 0 Å². The summed E-state index contributed by atoms with van der Waals surface area (Å²) in [6, 6.07) is 5.74. The van der Waals surface area contributed by atoms with E-state index in [1.54, 1.807) is 12.4 Å². The molecule has 64 valence electrons. The number of pyridine rings is 1. The molecule has 2 nitrogen and oxygen atoms in total. The Morgan fingerprint density at radius 3 is 2.92 bits per heavy atom. The molecule has 0 amide bonds. The van der Waals surface area contributed by atoms with Gasteiger partial charge in [0.25, 0.3) is 0 Å². The minimum absolute atomic E-state index is 0.796. The smallest absolute Gasteiger partial charge is 0.103 e. The number of rotatable bonds is 1. The van der Waals surface area contributed by atoms with Gasteiger partial charge in [-0.25, -0.2) is 0 Å². The second-order valence-corrected chi connectivity index (χ2v) is 3.20. The van der Waals surface area contributed by atoms with Crippen LogP contribution in [-0.2, 0) is 0 Å². The third-order valence-electron chi connectivity index (χ3n) is 1.78. The molecule has 0 radical (unpaired) electrons. The maximum Gasteiger partial charge on any atom is 0.103 e. The van der Waals surface area contributed by atoms with E-state index in [1.807, 2.05) is 24.3 Å².